The summed E-state index contributed by atoms with van der Waals surface area (Å²) in [6.07, 6.45) is 6.45. The average molecular weight is 499 g/mol. The first kappa shape index (κ1) is 23.4. The van der Waals surface area contributed by atoms with Crippen molar-refractivity contribution in [2.45, 2.75) is 37.5 Å². The molecule has 1 aliphatic carbocycles. The van der Waals surface area contributed by atoms with Crippen LogP contribution in [0.4, 0.5) is 0 Å². The molecule has 0 spiro atoms. The second-order valence-corrected chi connectivity index (χ2v) is 8.20. The molecule has 3 rings (SSSR count). The number of benzene rings is 1. The summed E-state index contributed by atoms with van der Waals surface area (Å²) in [7, 11) is 4.10. The molecule has 2 aliphatic rings. The van der Waals surface area contributed by atoms with E-state index in [-0.39, 0.29) is 29.4 Å². The summed E-state index contributed by atoms with van der Waals surface area (Å²) in [4.78, 5) is 9.45. The molecule has 0 atom stereocenters. The van der Waals surface area contributed by atoms with Crippen molar-refractivity contribution in [2.24, 2.45) is 4.99 Å². The van der Waals surface area contributed by atoms with Gasteiger partial charge in [0, 0.05) is 45.2 Å². The fourth-order valence-corrected chi connectivity index (χ4v) is 4.54. The van der Waals surface area contributed by atoms with E-state index in [1.165, 1.54) is 63.8 Å². The second-order valence-electron chi connectivity index (χ2n) is 8.20. The van der Waals surface area contributed by atoms with Gasteiger partial charge in [-0.15, -0.1) is 24.0 Å². The maximum Gasteiger partial charge on any atom is 0.191 e. The number of halogens is 1. The van der Waals surface area contributed by atoms with E-state index in [0.717, 1.165) is 25.6 Å². The molecule has 1 saturated carbocycles. The van der Waals surface area contributed by atoms with Crippen molar-refractivity contribution in [3.8, 4) is 0 Å². The van der Waals surface area contributed by atoms with E-state index in [0.29, 0.717) is 0 Å². The predicted molar refractivity (Wildman–Crippen MR) is 130 cm³/mol. The molecule has 1 aromatic rings. The third-order valence-corrected chi connectivity index (χ3v) is 6.30. The Morgan fingerprint density at radius 1 is 1.00 bits per heavy atom. The minimum Gasteiger partial charge on any atom is -0.356 e. The van der Waals surface area contributed by atoms with Crippen LogP contribution in [0, 0.1) is 0 Å². The number of hydrogen-bond acceptors (Lipinski definition) is 3. The Balaban J connectivity index is 0.00000280. The quantitative estimate of drug-likeness (QED) is 0.359. The summed E-state index contributed by atoms with van der Waals surface area (Å²) in [6.45, 7) is 7.75. The number of aliphatic imine (C=N–C) groups is 1. The van der Waals surface area contributed by atoms with Gasteiger partial charge in [0.05, 0.1) is 0 Å². The number of hydrogen-bond donors (Lipinski definition) is 2. The molecule has 1 aliphatic heterocycles. The highest BCUT2D eigenvalue weighted by Gasteiger charge is 2.35. The fraction of sp³-hybridized carbons (Fsp3) is 0.682. The molecule has 0 amide bonds. The van der Waals surface area contributed by atoms with Crippen LogP contribution in [0.25, 0.3) is 0 Å². The van der Waals surface area contributed by atoms with E-state index in [4.69, 9.17) is 0 Å². The third kappa shape index (κ3) is 6.59. The zero-order valence-electron chi connectivity index (χ0n) is 17.6. The molecule has 158 valence electrons. The Hall–Kier alpha value is -0.860. The van der Waals surface area contributed by atoms with Gasteiger partial charge in [-0.1, -0.05) is 43.2 Å². The first-order valence-corrected chi connectivity index (χ1v) is 10.6. The van der Waals surface area contributed by atoms with Crippen molar-refractivity contribution in [1.29, 1.82) is 0 Å². The number of guanidine groups is 1. The van der Waals surface area contributed by atoms with E-state index in [1.54, 1.807) is 0 Å². The minimum absolute atomic E-state index is 0. The zero-order chi connectivity index (χ0) is 19.0. The van der Waals surface area contributed by atoms with Crippen LogP contribution in [0.1, 0.15) is 37.7 Å². The van der Waals surface area contributed by atoms with E-state index in [9.17, 15) is 0 Å². The number of rotatable bonds is 6. The molecule has 2 N–H and O–H groups in total. The standard InChI is InChI=1S/C22H37N5.HI/c1-23-21(24-13-16-27-15-8-14-26(2)17-18-27)25-19-22(11-6-7-12-22)20-9-4-3-5-10-20;/h3-5,9-10H,6-8,11-19H2,1-2H3,(H2,23,24,25);1H. The van der Waals surface area contributed by atoms with Crippen LogP contribution in [0.5, 0.6) is 0 Å². The summed E-state index contributed by atoms with van der Waals surface area (Å²) < 4.78 is 0. The van der Waals surface area contributed by atoms with Crippen LogP contribution >= 0.6 is 24.0 Å². The molecular weight excluding hydrogens is 461 g/mol. The van der Waals surface area contributed by atoms with Crippen LogP contribution < -0.4 is 10.6 Å². The van der Waals surface area contributed by atoms with Gasteiger partial charge in [-0.25, -0.2) is 0 Å². The lowest BCUT2D eigenvalue weighted by molar-refractivity contribution is 0.279. The smallest absolute Gasteiger partial charge is 0.191 e. The van der Waals surface area contributed by atoms with Crippen LogP contribution in [0.3, 0.4) is 0 Å². The summed E-state index contributed by atoms with van der Waals surface area (Å²) in [6, 6.07) is 11.0. The molecule has 0 bridgehead atoms. The highest BCUT2D eigenvalue weighted by molar-refractivity contribution is 14.0. The topological polar surface area (TPSA) is 42.9 Å². The van der Waals surface area contributed by atoms with Crippen molar-refractivity contribution in [3.05, 3.63) is 35.9 Å². The summed E-state index contributed by atoms with van der Waals surface area (Å²) in [5.41, 5.74) is 1.73. The maximum absolute atomic E-state index is 4.45. The molecule has 2 fully saturated rings. The number of nitrogens with zero attached hydrogens (tertiary/aromatic N) is 3. The largest absolute Gasteiger partial charge is 0.356 e. The Labute approximate surface area is 188 Å². The molecule has 0 unspecified atom stereocenters. The van der Waals surface area contributed by atoms with Gasteiger partial charge < -0.3 is 20.4 Å². The molecular formula is C22H38IN5. The molecule has 1 saturated heterocycles. The van der Waals surface area contributed by atoms with Gasteiger partial charge in [0.1, 0.15) is 0 Å². The highest BCUT2D eigenvalue weighted by atomic mass is 127. The van der Waals surface area contributed by atoms with Gasteiger partial charge in [-0.2, -0.15) is 0 Å². The van der Waals surface area contributed by atoms with Gasteiger partial charge in [0.15, 0.2) is 5.96 Å². The molecule has 1 aromatic carbocycles. The van der Waals surface area contributed by atoms with Gasteiger partial charge in [0.2, 0.25) is 0 Å². The third-order valence-electron chi connectivity index (χ3n) is 6.30. The van der Waals surface area contributed by atoms with Gasteiger partial charge in [0.25, 0.3) is 0 Å². The van der Waals surface area contributed by atoms with E-state index < -0.39 is 0 Å². The summed E-state index contributed by atoms with van der Waals surface area (Å²) >= 11 is 0. The van der Waals surface area contributed by atoms with Gasteiger partial charge in [-0.3, -0.25) is 4.99 Å². The lowest BCUT2D eigenvalue weighted by atomic mass is 9.79. The zero-order valence-corrected chi connectivity index (χ0v) is 20.0. The Bertz CT molecular complexity index is 586. The van der Waals surface area contributed by atoms with Crippen molar-refractivity contribution >= 4 is 29.9 Å². The molecule has 1 heterocycles. The van der Waals surface area contributed by atoms with Gasteiger partial charge >= 0.3 is 0 Å². The maximum atomic E-state index is 4.45. The van der Waals surface area contributed by atoms with Crippen LogP contribution in [0.15, 0.2) is 35.3 Å². The van der Waals surface area contributed by atoms with E-state index in [2.05, 4.69) is 62.8 Å². The SMILES string of the molecule is CN=C(NCCN1CCCN(C)CC1)NCC1(c2ccccc2)CCCC1.I. The molecule has 5 nitrogen and oxygen atoms in total. The van der Waals surface area contributed by atoms with E-state index in [1.807, 2.05) is 7.05 Å². The van der Waals surface area contributed by atoms with Crippen molar-refractivity contribution < 1.29 is 0 Å². The lowest BCUT2D eigenvalue weighted by Gasteiger charge is -2.31. The average Bonchev–Trinajstić information content (AvgIpc) is 3.09. The highest BCUT2D eigenvalue weighted by Crippen LogP contribution is 2.40. The molecule has 0 radical (unpaired) electrons. The Morgan fingerprint density at radius 2 is 1.75 bits per heavy atom. The van der Waals surface area contributed by atoms with Crippen molar-refractivity contribution in [1.82, 2.24) is 20.4 Å². The van der Waals surface area contributed by atoms with Crippen LogP contribution in [-0.4, -0.2) is 75.7 Å². The first-order chi connectivity index (χ1) is 13.2. The van der Waals surface area contributed by atoms with Crippen LogP contribution in [-0.2, 0) is 5.41 Å². The second kappa shape index (κ2) is 12.0. The van der Waals surface area contributed by atoms with Crippen molar-refractivity contribution in [3.63, 3.8) is 0 Å². The lowest BCUT2D eigenvalue weighted by Crippen LogP contribution is -2.46. The van der Waals surface area contributed by atoms with E-state index >= 15 is 0 Å². The first-order valence-electron chi connectivity index (χ1n) is 10.6. The van der Waals surface area contributed by atoms with Crippen LogP contribution in [0.2, 0.25) is 0 Å². The molecule has 6 heteroatoms. The summed E-state index contributed by atoms with van der Waals surface area (Å²) in [5, 5.41) is 7.14. The van der Waals surface area contributed by atoms with Crippen molar-refractivity contribution in [2.75, 3.05) is 59.9 Å². The predicted octanol–water partition coefficient (Wildman–Crippen LogP) is 2.92. The molecule has 28 heavy (non-hydrogen) atoms. The fourth-order valence-electron chi connectivity index (χ4n) is 4.54. The molecule has 0 aromatic heterocycles. The monoisotopic (exact) mass is 499 g/mol. The Morgan fingerprint density at radius 3 is 2.46 bits per heavy atom. The van der Waals surface area contributed by atoms with Gasteiger partial charge in [-0.05, 0) is 45.0 Å². The number of nitrogens with one attached hydrogen (secondary N) is 2. The summed E-state index contributed by atoms with van der Waals surface area (Å²) in [5.74, 6) is 0.934. The Kier molecular flexibility index (Phi) is 10.0. The normalized spacial score (nSPS) is 21.0. The number of likely N-dealkylation sites (N-methyl/N-ethyl adjacent to an activating group) is 1. The minimum atomic E-state index is 0.